The molecule has 4 nitrogen and oxygen atoms in total. The third-order valence-corrected chi connectivity index (χ3v) is 6.05. The van der Waals surface area contributed by atoms with Crippen LogP contribution in [0.3, 0.4) is 0 Å². The van der Waals surface area contributed by atoms with Crippen molar-refractivity contribution in [3.63, 3.8) is 0 Å². The molecule has 29 heavy (non-hydrogen) atoms. The fourth-order valence-corrected chi connectivity index (χ4v) is 4.03. The van der Waals surface area contributed by atoms with Crippen molar-refractivity contribution in [2.75, 3.05) is 17.2 Å². The van der Waals surface area contributed by atoms with Crippen molar-refractivity contribution in [2.45, 2.75) is 39.9 Å². The van der Waals surface area contributed by atoms with Gasteiger partial charge in [-0.25, -0.2) is 0 Å². The number of carbonyl (C=O) groups is 1. The molecular formula is C25H29N3O. The van der Waals surface area contributed by atoms with Crippen molar-refractivity contribution in [1.29, 1.82) is 0 Å². The monoisotopic (exact) mass is 387 g/mol. The Balaban J connectivity index is 1.43. The van der Waals surface area contributed by atoms with E-state index in [-0.39, 0.29) is 12.5 Å². The average molecular weight is 388 g/mol. The van der Waals surface area contributed by atoms with Crippen LogP contribution in [0.4, 0.5) is 11.4 Å². The number of rotatable bonds is 6. The number of amides is 1. The summed E-state index contributed by atoms with van der Waals surface area (Å²) in [7, 11) is 0. The van der Waals surface area contributed by atoms with E-state index in [1.807, 2.05) is 30.3 Å². The second kappa shape index (κ2) is 8.26. The number of benzene rings is 3. The van der Waals surface area contributed by atoms with E-state index in [0.29, 0.717) is 12.0 Å². The lowest BCUT2D eigenvalue weighted by molar-refractivity contribution is -0.114. The molecule has 150 valence electrons. The van der Waals surface area contributed by atoms with Gasteiger partial charge < -0.3 is 10.6 Å². The third-order valence-electron chi connectivity index (χ3n) is 6.05. The minimum atomic E-state index is -0.0376. The van der Waals surface area contributed by atoms with Gasteiger partial charge in [-0.05, 0) is 41.5 Å². The first-order chi connectivity index (χ1) is 14.0. The van der Waals surface area contributed by atoms with Gasteiger partial charge in [-0.1, -0.05) is 62.4 Å². The van der Waals surface area contributed by atoms with Gasteiger partial charge in [-0.3, -0.25) is 9.69 Å². The Labute approximate surface area is 172 Å². The average Bonchev–Trinajstić information content (AvgIpc) is 3.16. The zero-order chi connectivity index (χ0) is 20.4. The molecule has 1 aliphatic rings. The Hall–Kier alpha value is -2.85. The van der Waals surface area contributed by atoms with Crippen LogP contribution in [0.1, 0.15) is 31.9 Å². The van der Waals surface area contributed by atoms with E-state index in [1.165, 1.54) is 11.1 Å². The second-order valence-corrected chi connectivity index (χ2v) is 8.26. The minimum absolute atomic E-state index is 0.0376. The van der Waals surface area contributed by atoms with E-state index in [9.17, 15) is 4.79 Å². The predicted octanol–water partition coefficient (Wildman–Crippen LogP) is 5.25. The number of nitrogens with one attached hydrogen (secondary N) is 2. The smallest absolute Gasteiger partial charge is 0.243 e. The van der Waals surface area contributed by atoms with Crippen LogP contribution in [0.5, 0.6) is 0 Å². The van der Waals surface area contributed by atoms with Crippen molar-refractivity contribution in [3.8, 4) is 0 Å². The molecule has 4 heteroatoms. The van der Waals surface area contributed by atoms with Crippen LogP contribution in [0.15, 0.2) is 60.7 Å². The molecule has 1 aliphatic heterocycles. The van der Waals surface area contributed by atoms with E-state index >= 15 is 0 Å². The molecule has 0 spiro atoms. The maximum absolute atomic E-state index is 12.6. The van der Waals surface area contributed by atoms with Crippen molar-refractivity contribution in [2.24, 2.45) is 5.92 Å². The summed E-state index contributed by atoms with van der Waals surface area (Å²) >= 11 is 0. The Morgan fingerprint density at radius 2 is 1.66 bits per heavy atom. The maximum atomic E-state index is 12.6. The first-order valence-electron chi connectivity index (χ1n) is 10.4. The number of fused-ring (bicyclic) bond motifs is 2. The Morgan fingerprint density at radius 3 is 2.48 bits per heavy atom. The molecule has 3 aromatic carbocycles. The summed E-state index contributed by atoms with van der Waals surface area (Å²) in [5.41, 5.74) is 4.59. The first-order valence-corrected chi connectivity index (χ1v) is 10.4. The quantitative estimate of drug-likeness (QED) is 0.607. The summed E-state index contributed by atoms with van der Waals surface area (Å²) in [6.45, 7) is 8.99. The van der Waals surface area contributed by atoms with E-state index in [4.69, 9.17) is 0 Å². The zero-order valence-electron chi connectivity index (χ0n) is 17.4. The van der Waals surface area contributed by atoms with E-state index in [2.05, 4.69) is 66.6 Å². The number of hydrogen-bond acceptors (Lipinski definition) is 3. The number of carbonyl (C=O) groups excluding carboxylic acids is 1. The van der Waals surface area contributed by atoms with Crippen LogP contribution in [0, 0.1) is 5.92 Å². The summed E-state index contributed by atoms with van der Waals surface area (Å²) < 4.78 is 0. The highest BCUT2D eigenvalue weighted by atomic mass is 16.1. The van der Waals surface area contributed by atoms with Gasteiger partial charge in [0.15, 0.2) is 0 Å². The molecule has 1 amide bonds. The topological polar surface area (TPSA) is 44.4 Å². The van der Waals surface area contributed by atoms with Gasteiger partial charge in [0.1, 0.15) is 0 Å². The van der Waals surface area contributed by atoms with Crippen molar-refractivity contribution in [3.05, 3.63) is 71.8 Å². The Bertz CT molecular complexity index is 1020. The van der Waals surface area contributed by atoms with Gasteiger partial charge in [-0.15, -0.1) is 0 Å². The molecule has 1 unspecified atom stereocenters. The molecule has 1 heterocycles. The molecular weight excluding hydrogens is 358 g/mol. The fraction of sp³-hybridized carbons (Fsp3) is 0.320. The van der Waals surface area contributed by atoms with Crippen LogP contribution >= 0.6 is 0 Å². The Kier molecular flexibility index (Phi) is 5.54. The molecule has 4 rings (SSSR count). The van der Waals surface area contributed by atoms with Crippen LogP contribution in [-0.2, 0) is 17.9 Å². The summed E-state index contributed by atoms with van der Waals surface area (Å²) in [5, 5.41) is 8.60. The van der Waals surface area contributed by atoms with E-state index in [1.54, 1.807) is 0 Å². The first kappa shape index (κ1) is 19.5. The molecule has 0 aromatic heterocycles. The van der Waals surface area contributed by atoms with Crippen LogP contribution in [0.25, 0.3) is 10.8 Å². The lowest BCUT2D eigenvalue weighted by Gasteiger charge is -2.27. The number of nitrogens with zero attached hydrogens (tertiary/aromatic N) is 1. The predicted molar refractivity (Wildman–Crippen MR) is 121 cm³/mol. The van der Waals surface area contributed by atoms with E-state index in [0.717, 1.165) is 35.2 Å². The van der Waals surface area contributed by atoms with Gasteiger partial charge in [0.2, 0.25) is 5.91 Å². The van der Waals surface area contributed by atoms with Crippen molar-refractivity contribution >= 4 is 28.1 Å². The van der Waals surface area contributed by atoms with Gasteiger partial charge in [0.05, 0.1) is 6.54 Å². The highest BCUT2D eigenvalue weighted by Crippen LogP contribution is 2.32. The fourth-order valence-electron chi connectivity index (χ4n) is 4.03. The van der Waals surface area contributed by atoms with Crippen molar-refractivity contribution in [1.82, 2.24) is 4.90 Å². The molecule has 0 saturated carbocycles. The lowest BCUT2D eigenvalue weighted by atomic mass is 10.1. The Morgan fingerprint density at radius 1 is 0.931 bits per heavy atom. The molecule has 3 aromatic rings. The second-order valence-electron chi connectivity index (χ2n) is 8.26. The minimum Gasteiger partial charge on any atom is -0.376 e. The molecule has 0 bridgehead atoms. The van der Waals surface area contributed by atoms with E-state index < -0.39 is 0 Å². The van der Waals surface area contributed by atoms with Gasteiger partial charge in [0, 0.05) is 35.9 Å². The van der Waals surface area contributed by atoms with Crippen molar-refractivity contribution < 1.29 is 4.79 Å². The van der Waals surface area contributed by atoms with Crippen LogP contribution in [-0.4, -0.2) is 23.4 Å². The SMILES string of the molecule is CC(C)C(C)N1Cc2cccc(NCC(=O)Nc3cccc4ccccc34)c2C1. The third kappa shape index (κ3) is 4.13. The molecule has 0 fully saturated rings. The molecule has 1 atom stereocenters. The van der Waals surface area contributed by atoms with Crippen LogP contribution in [0.2, 0.25) is 0 Å². The highest BCUT2D eigenvalue weighted by molar-refractivity contribution is 6.03. The van der Waals surface area contributed by atoms with Gasteiger partial charge >= 0.3 is 0 Å². The largest absolute Gasteiger partial charge is 0.376 e. The van der Waals surface area contributed by atoms with Gasteiger partial charge in [0.25, 0.3) is 0 Å². The molecule has 2 N–H and O–H groups in total. The zero-order valence-corrected chi connectivity index (χ0v) is 17.4. The normalized spacial score (nSPS) is 14.8. The summed E-state index contributed by atoms with van der Waals surface area (Å²) in [6, 6.07) is 21.0. The molecule has 0 saturated heterocycles. The number of anilines is 2. The molecule has 0 radical (unpaired) electrons. The highest BCUT2D eigenvalue weighted by Gasteiger charge is 2.26. The van der Waals surface area contributed by atoms with Gasteiger partial charge in [-0.2, -0.15) is 0 Å². The maximum Gasteiger partial charge on any atom is 0.243 e. The number of hydrogen-bond donors (Lipinski definition) is 2. The summed E-state index contributed by atoms with van der Waals surface area (Å²) in [4.78, 5) is 15.1. The molecule has 0 aliphatic carbocycles. The summed E-state index contributed by atoms with van der Waals surface area (Å²) in [5.74, 6) is 0.580. The lowest BCUT2D eigenvalue weighted by Crippen LogP contribution is -2.32. The van der Waals surface area contributed by atoms with Crippen LogP contribution < -0.4 is 10.6 Å². The summed E-state index contributed by atoms with van der Waals surface area (Å²) in [6.07, 6.45) is 0. The standard InChI is InChI=1S/C25H29N3O/c1-17(2)18(3)28-15-20-10-7-12-23(22(20)16-28)26-14-25(29)27-24-13-6-9-19-8-4-5-11-21(19)24/h4-13,17-18,26H,14-16H2,1-3H3,(H,27,29).